The number of thioether (sulfide) groups is 1. The molecule has 1 aromatic heterocycles. The number of benzene rings is 3. The molecule has 218 valence electrons. The van der Waals surface area contributed by atoms with E-state index in [-0.39, 0.29) is 5.91 Å². The summed E-state index contributed by atoms with van der Waals surface area (Å²) in [5.41, 5.74) is 6.01. The van der Waals surface area contributed by atoms with Gasteiger partial charge in [0.1, 0.15) is 12.6 Å². The normalized spacial score (nSPS) is 14.3. The number of carbonyl (C=O) groups is 1. The standard InChI is InChI=1S/C32H34BrN5O3S/c1-6-15-42-32-36-31-34-21(4)27(30(39)35-25-10-8-7-9-20(25)3)28(38(31)37-32)23-16-24(33)29(26(17-23)40-5)41-18-22-13-11-19(2)12-14-22/h7-14,16-17,28H,6,15,18H2,1-5H3,(H,35,39)(H,34,36,37). The van der Waals surface area contributed by atoms with Gasteiger partial charge >= 0.3 is 0 Å². The predicted octanol–water partition coefficient (Wildman–Crippen LogP) is 7.67. The van der Waals surface area contributed by atoms with Crippen LogP contribution in [0.2, 0.25) is 0 Å². The zero-order valence-corrected chi connectivity index (χ0v) is 26.7. The number of rotatable bonds is 10. The fraction of sp³-hybridized carbons (Fsp3) is 0.281. The molecule has 0 bridgehead atoms. The summed E-state index contributed by atoms with van der Waals surface area (Å²) in [7, 11) is 1.61. The number of carbonyl (C=O) groups excluding carboxylic acids is 1. The molecule has 10 heteroatoms. The van der Waals surface area contributed by atoms with Crippen molar-refractivity contribution in [2.24, 2.45) is 0 Å². The summed E-state index contributed by atoms with van der Waals surface area (Å²) in [6.07, 6.45) is 1.00. The van der Waals surface area contributed by atoms with E-state index in [0.29, 0.717) is 45.0 Å². The molecule has 1 aliphatic heterocycles. The van der Waals surface area contributed by atoms with Gasteiger partial charge in [0.05, 0.1) is 17.2 Å². The molecule has 0 fully saturated rings. The van der Waals surface area contributed by atoms with Crippen LogP contribution in [-0.4, -0.2) is 33.5 Å². The van der Waals surface area contributed by atoms with E-state index in [1.807, 2.05) is 62.4 Å². The quantitative estimate of drug-likeness (QED) is 0.171. The molecule has 0 aliphatic carbocycles. The van der Waals surface area contributed by atoms with Crippen LogP contribution in [0.25, 0.3) is 0 Å². The van der Waals surface area contributed by atoms with Crippen molar-refractivity contribution in [3.63, 3.8) is 0 Å². The number of halogens is 1. The van der Waals surface area contributed by atoms with Crippen molar-refractivity contribution in [1.82, 2.24) is 14.8 Å². The molecule has 1 atom stereocenters. The number of nitrogens with one attached hydrogen (secondary N) is 2. The highest BCUT2D eigenvalue weighted by Gasteiger charge is 2.35. The lowest BCUT2D eigenvalue weighted by molar-refractivity contribution is -0.113. The Labute approximate surface area is 259 Å². The first kappa shape index (κ1) is 29.7. The monoisotopic (exact) mass is 647 g/mol. The topological polar surface area (TPSA) is 90.3 Å². The second-order valence-electron chi connectivity index (χ2n) is 10.2. The van der Waals surface area contributed by atoms with Gasteiger partial charge in [-0.2, -0.15) is 4.98 Å². The first-order valence-electron chi connectivity index (χ1n) is 13.8. The maximum atomic E-state index is 13.9. The summed E-state index contributed by atoms with van der Waals surface area (Å²) in [6.45, 7) is 8.42. The van der Waals surface area contributed by atoms with Gasteiger partial charge in [-0.25, -0.2) is 4.68 Å². The van der Waals surface area contributed by atoms with Crippen molar-refractivity contribution in [2.45, 2.75) is 51.9 Å². The van der Waals surface area contributed by atoms with Crippen LogP contribution in [0.15, 0.2) is 81.6 Å². The van der Waals surface area contributed by atoms with Gasteiger partial charge < -0.3 is 20.1 Å². The number of anilines is 2. The number of allylic oxidation sites excluding steroid dienone is 1. The number of ether oxygens (including phenoxy) is 2. The fourth-order valence-corrected chi connectivity index (χ4v) is 6.03. The van der Waals surface area contributed by atoms with E-state index in [1.165, 1.54) is 5.56 Å². The Balaban J connectivity index is 1.55. The SMILES string of the molecule is CCCSc1nc2n(n1)C(c1cc(Br)c(OCc3ccc(C)cc3)c(OC)c1)C(C(=O)Nc1ccccc1C)=C(C)N2. The molecule has 42 heavy (non-hydrogen) atoms. The highest BCUT2D eigenvalue weighted by Crippen LogP contribution is 2.43. The maximum Gasteiger partial charge on any atom is 0.255 e. The van der Waals surface area contributed by atoms with Gasteiger partial charge in [-0.1, -0.05) is 66.7 Å². The third-order valence-electron chi connectivity index (χ3n) is 6.98. The number of aryl methyl sites for hydroxylation is 2. The van der Waals surface area contributed by atoms with Crippen molar-refractivity contribution in [2.75, 3.05) is 23.5 Å². The van der Waals surface area contributed by atoms with Crippen LogP contribution in [0.5, 0.6) is 11.5 Å². The van der Waals surface area contributed by atoms with E-state index in [4.69, 9.17) is 19.6 Å². The fourth-order valence-electron chi connectivity index (χ4n) is 4.77. The molecule has 1 unspecified atom stereocenters. The van der Waals surface area contributed by atoms with E-state index < -0.39 is 6.04 Å². The Hall–Kier alpha value is -3.76. The molecule has 0 spiro atoms. The molecule has 0 saturated heterocycles. The number of aromatic nitrogens is 3. The lowest BCUT2D eigenvalue weighted by Gasteiger charge is -2.29. The molecule has 4 aromatic rings. The van der Waals surface area contributed by atoms with E-state index in [2.05, 4.69) is 52.5 Å². The van der Waals surface area contributed by atoms with Gasteiger partial charge in [0.15, 0.2) is 11.5 Å². The predicted molar refractivity (Wildman–Crippen MR) is 172 cm³/mol. The number of hydrogen-bond donors (Lipinski definition) is 2. The molecule has 1 aliphatic rings. The molecular formula is C32H34BrN5O3S. The number of fused-ring (bicyclic) bond motifs is 1. The summed E-state index contributed by atoms with van der Waals surface area (Å²) in [5.74, 6) is 2.38. The molecule has 2 heterocycles. The van der Waals surface area contributed by atoms with Crippen LogP contribution in [-0.2, 0) is 11.4 Å². The summed E-state index contributed by atoms with van der Waals surface area (Å²) in [5, 5.41) is 11.9. The van der Waals surface area contributed by atoms with Gasteiger partial charge in [0.25, 0.3) is 5.91 Å². The maximum absolute atomic E-state index is 13.9. The van der Waals surface area contributed by atoms with E-state index in [0.717, 1.165) is 34.6 Å². The van der Waals surface area contributed by atoms with Crippen LogP contribution in [0.3, 0.4) is 0 Å². The summed E-state index contributed by atoms with van der Waals surface area (Å²) < 4.78 is 14.5. The minimum absolute atomic E-state index is 0.224. The molecule has 3 aromatic carbocycles. The van der Waals surface area contributed by atoms with Crippen molar-refractivity contribution < 1.29 is 14.3 Å². The zero-order chi connectivity index (χ0) is 29.8. The molecule has 5 rings (SSSR count). The first-order chi connectivity index (χ1) is 20.3. The van der Waals surface area contributed by atoms with Gasteiger partial charge in [-0.05, 0) is 78.0 Å². The van der Waals surface area contributed by atoms with Crippen molar-refractivity contribution >= 4 is 45.2 Å². The second-order valence-corrected chi connectivity index (χ2v) is 12.1. The third kappa shape index (κ3) is 6.34. The van der Waals surface area contributed by atoms with E-state index in [9.17, 15) is 4.79 Å². The number of amides is 1. The minimum atomic E-state index is -0.565. The Morgan fingerprint density at radius 2 is 1.88 bits per heavy atom. The largest absolute Gasteiger partial charge is 0.493 e. The van der Waals surface area contributed by atoms with Crippen molar-refractivity contribution in [3.8, 4) is 11.5 Å². The Morgan fingerprint density at radius 1 is 1.12 bits per heavy atom. The van der Waals surface area contributed by atoms with Crippen molar-refractivity contribution in [1.29, 1.82) is 0 Å². The minimum Gasteiger partial charge on any atom is -0.493 e. The lowest BCUT2D eigenvalue weighted by atomic mass is 9.94. The molecule has 8 nitrogen and oxygen atoms in total. The number of methoxy groups -OCH3 is 1. The molecule has 0 saturated carbocycles. The van der Waals surface area contributed by atoms with Gasteiger partial charge in [-0.3, -0.25) is 4.79 Å². The second kappa shape index (κ2) is 13.0. The summed E-state index contributed by atoms with van der Waals surface area (Å²) in [4.78, 5) is 18.7. The molecular weight excluding hydrogens is 614 g/mol. The highest BCUT2D eigenvalue weighted by molar-refractivity contribution is 9.10. The number of para-hydroxylation sites is 1. The van der Waals surface area contributed by atoms with Crippen LogP contribution >= 0.6 is 27.7 Å². The Morgan fingerprint density at radius 3 is 2.60 bits per heavy atom. The summed E-state index contributed by atoms with van der Waals surface area (Å²) in [6, 6.07) is 19.2. The lowest BCUT2D eigenvalue weighted by Crippen LogP contribution is -2.31. The summed E-state index contributed by atoms with van der Waals surface area (Å²) >= 11 is 5.31. The van der Waals surface area contributed by atoms with E-state index >= 15 is 0 Å². The molecule has 1 amide bonds. The number of nitrogens with zero attached hydrogens (tertiary/aromatic N) is 3. The Bertz CT molecular complexity index is 1630. The molecule has 2 N–H and O–H groups in total. The van der Waals surface area contributed by atoms with Gasteiger partial charge in [0.2, 0.25) is 11.1 Å². The van der Waals surface area contributed by atoms with Gasteiger partial charge in [-0.15, -0.1) is 5.10 Å². The molecule has 0 radical (unpaired) electrons. The average molecular weight is 649 g/mol. The van der Waals surface area contributed by atoms with Crippen LogP contribution in [0.1, 0.15) is 48.6 Å². The van der Waals surface area contributed by atoms with Crippen LogP contribution in [0, 0.1) is 13.8 Å². The van der Waals surface area contributed by atoms with Crippen LogP contribution in [0.4, 0.5) is 11.6 Å². The smallest absolute Gasteiger partial charge is 0.255 e. The first-order valence-corrected chi connectivity index (χ1v) is 15.6. The number of hydrogen-bond acceptors (Lipinski definition) is 7. The Kier molecular flexibility index (Phi) is 9.23. The van der Waals surface area contributed by atoms with Gasteiger partial charge in [0, 0.05) is 17.1 Å². The van der Waals surface area contributed by atoms with E-state index in [1.54, 1.807) is 23.6 Å². The third-order valence-corrected chi connectivity index (χ3v) is 8.61. The average Bonchev–Trinajstić information content (AvgIpc) is 3.38. The highest BCUT2D eigenvalue weighted by atomic mass is 79.9. The van der Waals surface area contributed by atoms with Crippen molar-refractivity contribution in [3.05, 3.63) is 98.7 Å². The van der Waals surface area contributed by atoms with Crippen LogP contribution < -0.4 is 20.1 Å². The zero-order valence-electron chi connectivity index (χ0n) is 24.3.